The molecule has 0 unspecified atom stereocenters. The molecule has 0 bridgehead atoms. The molecule has 2 aliphatic rings. The van der Waals surface area contributed by atoms with Crippen LogP contribution in [0.5, 0.6) is 0 Å². The third kappa shape index (κ3) is 3.00. The molecule has 0 radical (unpaired) electrons. The quantitative estimate of drug-likeness (QED) is 0.802. The maximum atomic E-state index is 13.1. The highest BCUT2D eigenvalue weighted by molar-refractivity contribution is 5.83. The number of alkyl halides is 2. The van der Waals surface area contributed by atoms with Gasteiger partial charge in [0.05, 0.1) is 6.04 Å². The number of likely N-dealkylation sites (tertiary alicyclic amines) is 1. The molecule has 0 amide bonds. The van der Waals surface area contributed by atoms with Crippen LogP contribution < -0.4 is 0 Å². The third-order valence-corrected chi connectivity index (χ3v) is 3.99. The molecular weight excluding hydrogens is 246 g/mol. The largest absolute Gasteiger partial charge is 0.301 e. The number of aliphatic imine (C=N–C) groups is 1. The first-order valence-electron chi connectivity index (χ1n) is 6.84. The predicted molar refractivity (Wildman–Crippen MR) is 72.1 cm³/mol. The van der Waals surface area contributed by atoms with Gasteiger partial charge in [-0.3, -0.25) is 4.99 Å². The van der Waals surface area contributed by atoms with E-state index in [1.807, 2.05) is 18.3 Å². The first-order chi connectivity index (χ1) is 9.12. The molecule has 4 heteroatoms. The van der Waals surface area contributed by atoms with Crippen LogP contribution in [-0.2, 0) is 6.42 Å². The molecule has 1 atom stereocenters. The molecule has 2 aliphatic heterocycles. The Morgan fingerprint density at radius 2 is 1.95 bits per heavy atom. The Bertz CT molecular complexity index is 475. The molecule has 0 aromatic heterocycles. The summed E-state index contributed by atoms with van der Waals surface area (Å²) in [6.45, 7) is 1.77. The molecule has 19 heavy (non-hydrogen) atoms. The van der Waals surface area contributed by atoms with Gasteiger partial charge in [-0.15, -0.1) is 0 Å². The first kappa shape index (κ1) is 12.7. The average molecular weight is 264 g/mol. The second kappa shape index (κ2) is 5.00. The molecule has 3 rings (SSSR count). The molecule has 2 nitrogen and oxygen atoms in total. The molecule has 1 saturated heterocycles. The highest BCUT2D eigenvalue weighted by Crippen LogP contribution is 2.28. The van der Waals surface area contributed by atoms with E-state index in [9.17, 15) is 8.78 Å². The van der Waals surface area contributed by atoms with Gasteiger partial charge in [-0.2, -0.15) is 0 Å². The predicted octanol–water partition coefficient (Wildman–Crippen LogP) is 2.76. The summed E-state index contributed by atoms with van der Waals surface area (Å²) in [7, 11) is 0. The lowest BCUT2D eigenvalue weighted by Gasteiger charge is -2.33. The number of rotatable bonds is 2. The molecule has 1 aromatic carbocycles. The molecule has 2 heterocycles. The third-order valence-electron chi connectivity index (χ3n) is 3.99. The average Bonchev–Trinajstić information content (AvgIpc) is 2.41. The zero-order chi connectivity index (χ0) is 13.3. The summed E-state index contributed by atoms with van der Waals surface area (Å²) in [6, 6.07) is 8.45. The van der Waals surface area contributed by atoms with E-state index in [0.29, 0.717) is 13.1 Å². The van der Waals surface area contributed by atoms with Crippen LogP contribution in [0.2, 0.25) is 0 Å². The van der Waals surface area contributed by atoms with Crippen molar-refractivity contribution < 1.29 is 8.78 Å². The van der Waals surface area contributed by atoms with Crippen molar-refractivity contribution in [2.45, 2.75) is 31.2 Å². The molecule has 1 fully saturated rings. The van der Waals surface area contributed by atoms with E-state index in [2.05, 4.69) is 22.0 Å². The van der Waals surface area contributed by atoms with E-state index >= 15 is 0 Å². The van der Waals surface area contributed by atoms with Crippen LogP contribution >= 0.6 is 0 Å². The van der Waals surface area contributed by atoms with E-state index in [0.717, 1.165) is 13.0 Å². The first-order valence-corrected chi connectivity index (χ1v) is 6.84. The number of fused-ring (bicyclic) bond motifs is 1. The Kier molecular flexibility index (Phi) is 3.35. The van der Waals surface area contributed by atoms with Gasteiger partial charge in [0.15, 0.2) is 0 Å². The van der Waals surface area contributed by atoms with Gasteiger partial charge >= 0.3 is 0 Å². The Morgan fingerprint density at radius 1 is 1.21 bits per heavy atom. The smallest absolute Gasteiger partial charge is 0.250 e. The topological polar surface area (TPSA) is 15.6 Å². The Hall–Kier alpha value is -1.29. The van der Waals surface area contributed by atoms with Crippen LogP contribution in [0.3, 0.4) is 0 Å². The zero-order valence-electron chi connectivity index (χ0n) is 10.9. The standard InChI is InChI=1S/C15H18F2N2/c16-15(17)5-7-19(8-6-15)11-14-9-12-3-1-2-4-13(12)10-18-14/h1-4,10,14H,5-9,11H2/t14-/m0/s1. The van der Waals surface area contributed by atoms with Crippen molar-refractivity contribution in [3.63, 3.8) is 0 Å². The number of hydrogen-bond donors (Lipinski definition) is 0. The minimum Gasteiger partial charge on any atom is -0.301 e. The summed E-state index contributed by atoms with van der Waals surface area (Å²) >= 11 is 0. The lowest BCUT2D eigenvalue weighted by atomic mass is 9.97. The van der Waals surface area contributed by atoms with Crippen molar-refractivity contribution in [2.75, 3.05) is 19.6 Å². The molecule has 102 valence electrons. The summed E-state index contributed by atoms with van der Waals surface area (Å²) in [4.78, 5) is 6.67. The fraction of sp³-hybridized carbons (Fsp3) is 0.533. The van der Waals surface area contributed by atoms with Gasteiger partial charge in [0.25, 0.3) is 5.92 Å². The van der Waals surface area contributed by atoms with Gasteiger partial charge in [0.1, 0.15) is 0 Å². The number of piperidine rings is 1. The van der Waals surface area contributed by atoms with Crippen molar-refractivity contribution in [2.24, 2.45) is 4.99 Å². The molecule has 1 aromatic rings. The van der Waals surface area contributed by atoms with E-state index in [1.165, 1.54) is 11.1 Å². The highest BCUT2D eigenvalue weighted by Gasteiger charge is 2.34. The second-order valence-electron chi connectivity index (χ2n) is 5.49. The molecule has 0 spiro atoms. The highest BCUT2D eigenvalue weighted by atomic mass is 19.3. The minimum absolute atomic E-state index is 0.0139. The van der Waals surface area contributed by atoms with Gasteiger partial charge in [-0.25, -0.2) is 8.78 Å². The number of nitrogens with zero attached hydrogens (tertiary/aromatic N) is 2. The Balaban J connectivity index is 1.58. The summed E-state index contributed by atoms with van der Waals surface area (Å²) in [5, 5.41) is 0. The van der Waals surface area contributed by atoms with Gasteiger partial charge in [-0.1, -0.05) is 24.3 Å². The molecular formula is C15H18F2N2. The van der Waals surface area contributed by atoms with Crippen molar-refractivity contribution in [3.05, 3.63) is 35.4 Å². The van der Waals surface area contributed by atoms with Crippen LogP contribution in [0.4, 0.5) is 8.78 Å². The lowest BCUT2D eigenvalue weighted by molar-refractivity contribution is -0.0557. The van der Waals surface area contributed by atoms with Crippen molar-refractivity contribution in [1.29, 1.82) is 0 Å². The number of benzene rings is 1. The molecule has 0 aliphatic carbocycles. The molecule has 0 saturated carbocycles. The second-order valence-corrected chi connectivity index (χ2v) is 5.49. The van der Waals surface area contributed by atoms with Crippen LogP contribution in [0, 0.1) is 0 Å². The normalized spacial score (nSPS) is 26.1. The van der Waals surface area contributed by atoms with Crippen molar-refractivity contribution in [1.82, 2.24) is 4.90 Å². The van der Waals surface area contributed by atoms with E-state index in [-0.39, 0.29) is 18.9 Å². The molecule has 0 N–H and O–H groups in total. The monoisotopic (exact) mass is 264 g/mol. The Labute approximate surface area is 112 Å². The number of halogens is 2. The minimum atomic E-state index is -2.46. The lowest BCUT2D eigenvalue weighted by Crippen LogP contribution is -2.43. The van der Waals surface area contributed by atoms with Gasteiger partial charge in [0.2, 0.25) is 0 Å². The fourth-order valence-electron chi connectivity index (χ4n) is 2.81. The van der Waals surface area contributed by atoms with Gasteiger partial charge in [-0.05, 0) is 17.5 Å². The number of hydrogen-bond acceptors (Lipinski definition) is 2. The van der Waals surface area contributed by atoms with Gasteiger partial charge in [0, 0.05) is 38.7 Å². The van der Waals surface area contributed by atoms with Gasteiger partial charge < -0.3 is 4.90 Å². The summed E-state index contributed by atoms with van der Waals surface area (Å²) in [5.74, 6) is -2.46. The van der Waals surface area contributed by atoms with Crippen LogP contribution in [-0.4, -0.2) is 42.7 Å². The van der Waals surface area contributed by atoms with Crippen LogP contribution in [0.25, 0.3) is 0 Å². The van der Waals surface area contributed by atoms with Crippen molar-refractivity contribution in [3.8, 4) is 0 Å². The van der Waals surface area contributed by atoms with Crippen LogP contribution in [0.15, 0.2) is 29.3 Å². The summed E-state index contributed by atoms with van der Waals surface area (Å²) in [5.41, 5.74) is 2.49. The Morgan fingerprint density at radius 3 is 2.74 bits per heavy atom. The summed E-state index contributed by atoms with van der Waals surface area (Å²) < 4.78 is 26.2. The maximum Gasteiger partial charge on any atom is 0.250 e. The van der Waals surface area contributed by atoms with Crippen LogP contribution in [0.1, 0.15) is 24.0 Å². The van der Waals surface area contributed by atoms with E-state index < -0.39 is 5.92 Å². The van der Waals surface area contributed by atoms with E-state index in [1.54, 1.807) is 0 Å². The van der Waals surface area contributed by atoms with Crippen molar-refractivity contribution >= 4 is 6.21 Å². The zero-order valence-corrected chi connectivity index (χ0v) is 10.9. The summed E-state index contributed by atoms with van der Waals surface area (Å²) in [6.07, 6.45) is 2.81. The SMILES string of the molecule is FC1(F)CCN(C[C@@H]2Cc3ccccc3C=N2)CC1. The van der Waals surface area contributed by atoms with E-state index in [4.69, 9.17) is 0 Å². The fourth-order valence-corrected chi connectivity index (χ4v) is 2.81. The maximum absolute atomic E-state index is 13.1.